The largest absolute Gasteiger partial charge is 0.325 e. The molecular formula is C13H12BrNOS. The van der Waals surface area contributed by atoms with Gasteiger partial charge in [0.05, 0.1) is 6.42 Å². The van der Waals surface area contributed by atoms with Crippen molar-refractivity contribution < 1.29 is 4.79 Å². The number of halogens is 1. The Kier molecular flexibility index (Phi) is 3.97. The van der Waals surface area contributed by atoms with Crippen LogP contribution in [0.15, 0.2) is 40.2 Å². The molecule has 88 valence electrons. The Hall–Kier alpha value is -1.13. The molecule has 0 atom stereocenters. The number of anilines is 1. The highest BCUT2D eigenvalue weighted by Crippen LogP contribution is 2.21. The minimum atomic E-state index is 0.0219. The van der Waals surface area contributed by atoms with Crippen LogP contribution in [0.5, 0.6) is 0 Å². The number of carbonyl (C=O) groups is 1. The summed E-state index contributed by atoms with van der Waals surface area (Å²) < 4.78 is 0.967. The van der Waals surface area contributed by atoms with Crippen molar-refractivity contribution in [2.75, 3.05) is 5.32 Å². The van der Waals surface area contributed by atoms with Crippen LogP contribution in [0.2, 0.25) is 0 Å². The molecule has 0 bridgehead atoms. The lowest BCUT2D eigenvalue weighted by Gasteiger charge is -2.08. The summed E-state index contributed by atoms with van der Waals surface area (Å²) in [6.45, 7) is 1.98. The minimum absolute atomic E-state index is 0.0219. The van der Waals surface area contributed by atoms with Gasteiger partial charge in [0, 0.05) is 15.0 Å². The monoisotopic (exact) mass is 309 g/mol. The van der Waals surface area contributed by atoms with Gasteiger partial charge in [0.2, 0.25) is 5.91 Å². The number of carbonyl (C=O) groups excluding carboxylic acids is 1. The number of rotatable bonds is 3. The number of aryl methyl sites for hydroxylation is 1. The van der Waals surface area contributed by atoms with Gasteiger partial charge in [0.25, 0.3) is 0 Å². The second kappa shape index (κ2) is 5.47. The standard InChI is InChI=1S/C13H12BrNOS/c1-9-4-5-10(14)7-12(9)15-13(16)8-11-3-2-6-17-11/h2-7H,8H2,1H3,(H,15,16). The molecule has 1 N–H and O–H groups in total. The van der Waals surface area contributed by atoms with Gasteiger partial charge in [-0.1, -0.05) is 28.1 Å². The van der Waals surface area contributed by atoms with Crippen molar-refractivity contribution >= 4 is 38.9 Å². The summed E-state index contributed by atoms with van der Waals surface area (Å²) in [5.41, 5.74) is 1.92. The van der Waals surface area contributed by atoms with E-state index in [4.69, 9.17) is 0 Å². The molecule has 0 saturated heterocycles. The average Bonchev–Trinajstić information content (AvgIpc) is 2.76. The van der Waals surface area contributed by atoms with Gasteiger partial charge in [-0.3, -0.25) is 4.79 Å². The lowest BCUT2D eigenvalue weighted by molar-refractivity contribution is -0.115. The van der Waals surface area contributed by atoms with Gasteiger partial charge in [-0.2, -0.15) is 0 Å². The number of thiophene rings is 1. The lowest BCUT2D eigenvalue weighted by atomic mass is 10.2. The topological polar surface area (TPSA) is 29.1 Å². The van der Waals surface area contributed by atoms with Crippen LogP contribution in [0, 0.1) is 6.92 Å². The lowest BCUT2D eigenvalue weighted by Crippen LogP contribution is -2.14. The molecule has 1 aromatic carbocycles. The number of amides is 1. The van der Waals surface area contributed by atoms with Gasteiger partial charge in [0.1, 0.15) is 0 Å². The number of hydrogen-bond acceptors (Lipinski definition) is 2. The molecule has 4 heteroatoms. The Bertz CT molecular complexity index is 522. The predicted molar refractivity (Wildman–Crippen MR) is 75.5 cm³/mol. The fraction of sp³-hybridized carbons (Fsp3) is 0.154. The van der Waals surface area contributed by atoms with E-state index in [9.17, 15) is 4.79 Å². The van der Waals surface area contributed by atoms with E-state index in [2.05, 4.69) is 21.2 Å². The summed E-state index contributed by atoms with van der Waals surface area (Å²) in [5, 5.41) is 4.91. The van der Waals surface area contributed by atoms with E-state index < -0.39 is 0 Å². The van der Waals surface area contributed by atoms with Crippen molar-refractivity contribution in [1.29, 1.82) is 0 Å². The highest BCUT2D eigenvalue weighted by Gasteiger charge is 2.06. The fourth-order valence-corrected chi connectivity index (χ4v) is 2.56. The maximum atomic E-state index is 11.8. The molecule has 2 aromatic rings. The van der Waals surface area contributed by atoms with E-state index in [-0.39, 0.29) is 5.91 Å². The molecule has 2 nitrogen and oxygen atoms in total. The van der Waals surface area contributed by atoms with Crippen molar-refractivity contribution in [3.63, 3.8) is 0 Å². The van der Waals surface area contributed by atoms with Crippen molar-refractivity contribution in [2.24, 2.45) is 0 Å². The van der Waals surface area contributed by atoms with Crippen LogP contribution in [-0.4, -0.2) is 5.91 Å². The smallest absolute Gasteiger partial charge is 0.229 e. The predicted octanol–water partition coefficient (Wildman–Crippen LogP) is 4.00. The molecule has 0 aliphatic carbocycles. The molecular weight excluding hydrogens is 298 g/mol. The first-order valence-electron chi connectivity index (χ1n) is 5.23. The van der Waals surface area contributed by atoms with Crippen LogP contribution in [-0.2, 0) is 11.2 Å². The van der Waals surface area contributed by atoms with Crippen molar-refractivity contribution in [2.45, 2.75) is 13.3 Å². The molecule has 0 unspecified atom stereocenters. The molecule has 0 saturated carbocycles. The van der Waals surface area contributed by atoms with Gasteiger partial charge in [0.15, 0.2) is 0 Å². The zero-order valence-electron chi connectivity index (χ0n) is 9.37. The SMILES string of the molecule is Cc1ccc(Br)cc1NC(=O)Cc1cccs1. The third kappa shape index (κ3) is 3.41. The van der Waals surface area contributed by atoms with Crippen LogP contribution >= 0.6 is 27.3 Å². The quantitative estimate of drug-likeness (QED) is 0.912. The van der Waals surface area contributed by atoms with Gasteiger partial charge in [-0.15, -0.1) is 11.3 Å². The van der Waals surface area contributed by atoms with Gasteiger partial charge >= 0.3 is 0 Å². The average molecular weight is 310 g/mol. The van der Waals surface area contributed by atoms with E-state index in [0.717, 1.165) is 20.6 Å². The third-order valence-electron chi connectivity index (χ3n) is 2.39. The van der Waals surface area contributed by atoms with Crippen LogP contribution in [0.1, 0.15) is 10.4 Å². The zero-order valence-corrected chi connectivity index (χ0v) is 11.8. The summed E-state index contributed by atoms with van der Waals surface area (Å²) in [6, 6.07) is 9.78. The zero-order chi connectivity index (χ0) is 12.3. The van der Waals surface area contributed by atoms with E-state index in [1.54, 1.807) is 11.3 Å². The second-order valence-electron chi connectivity index (χ2n) is 3.76. The Morgan fingerprint density at radius 3 is 2.94 bits per heavy atom. The van der Waals surface area contributed by atoms with E-state index >= 15 is 0 Å². The number of nitrogens with one attached hydrogen (secondary N) is 1. The van der Waals surface area contributed by atoms with E-state index in [1.165, 1.54) is 0 Å². The van der Waals surface area contributed by atoms with Crippen molar-refractivity contribution in [3.05, 3.63) is 50.6 Å². The Morgan fingerprint density at radius 2 is 2.24 bits per heavy atom. The molecule has 0 radical (unpaired) electrons. The molecule has 0 aliphatic heterocycles. The van der Waals surface area contributed by atoms with E-state index in [1.807, 2.05) is 42.6 Å². The summed E-state index contributed by atoms with van der Waals surface area (Å²) in [7, 11) is 0. The molecule has 17 heavy (non-hydrogen) atoms. The minimum Gasteiger partial charge on any atom is -0.325 e. The molecule has 2 rings (SSSR count). The van der Waals surface area contributed by atoms with Crippen LogP contribution in [0.4, 0.5) is 5.69 Å². The maximum absolute atomic E-state index is 11.8. The number of hydrogen-bond donors (Lipinski definition) is 1. The van der Waals surface area contributed by atoms with E-state index in [0.29, 0.717) is 6.42 Å². The Labute approximate surface area is 113 Å². The fourth-order valence-electron chi connectivity index (χ4n) is 1.49. The summed E-state index contributed by atoms with van der Waals surface area (Å²) >= 11 is 5.00. The van der Waals surface area contributed by atoms with Crippen molar-refractivity contribution in [1.82, 2.24) is 0 Å². The number of benzene rings is 1. The summed E-state index contributed by atoms with van der Waals surface area (Å²) in [4.78, 5) is 12.9. The Balaban J connectivity index is 2.05. The molecule has 0 aliphatic rings. The molecule has 0 fully saturated rings. The highest BCUT2D eigenvalue weighted by molar-refractivity contribution is 9.10. The molecule has 1 heterocycles. The van der Waals surface area contributed by atoms with Gasteiger partial charge < -0.3 is 5.32 Å². The van der Waals surface area contributed by atoms with Crippen LogP contribution in [0.3, 0.4) is 0 Å². The maximum Gasteiger partial charge on any atom is 0.229 e. The molecule has 0 spiro atoms. The summed E-state index contributed by atoms with van der Waals surface area (Å²) in [5.74, 6) is 0.0219. The summed E-state index contributed by atoms with van der Waals surface area (Å²) in [6.07, 6.45) is 0.434. The first-order chi connectivity index (χ1) is 8.15. The molecule has 1 amide bonds. The van der Waals surface area contributed by atoms with Crippen molar-refractivity contribution in [3.8, 4) is 0 Å². The van der Waals surface area contributed by atoms with Crippen LogP contribution < -0.4 is 5.32 Å². The highest BCUT2D eigenvalue weighted by atomic mass is 79.9. The van der Waals surface area contributed by atoms with Gasteiger partial charge in [-0.25, -0.2) is 0 Å². The normalized spacial score (nSPS) is 10.2. The molecule has 1 aromatic heterocycles. The first kappa shape index (κ1) is 12.3. The second-order valence-corrected chi connectivity index (χ2v) is 5.71. The first-order valence-corrected chi connectivity index (χ1v) is 6.91. The van der Waals surface area contributed by atoms with Gasteiger partial charge in [-0.05, 0) is 36.1 Å². The Morgan fingerprint density at radius 1 is 1.41 bits per heavy atom. The van der Waals surface area contributed by atoms with Crippen LogP contribution in [0.25, 0.3) is 0 Å². The third-order valence-corrected chi connectivity index (χ3v) is 3.76.